The lowest BCUT2D eigenvalue weighted by Gasteiger charge is -2.33. The van der Waals surface area contributed by atoms with E-state index in [1.165, 1.54) is 32.4 Å². The van der Waals surface area contributed by atoms with Crippen LogP contribution in [-0.4, -0.2) is 45.3 Å². The van der Waals surface area contributed by atoms with Crippen molar-refractivity contribution in [3.8, 4) is 0 Å². The third-order valence-electron chi connectivity index (χ3n) is 3.80. The van der Waals surface area contributed by atoms with Crippen LogP contribution in [0.1, 0.15) is 37.9 Å². The van der Waals surface area contributed by atoms with E-state index in [0.29, 0.717) is 6.04 Å². The molecule has 3 N–H and O–H groups in total. The normalized spacial score (nSPS) is 20.8. The predicted octanol–water partition coefficient (Wildman–Crippen LogP) is 0.750. The molecular formula is C13H24N4O. The average molecular weight is 252 g/mol. The highest BCUT2D eigenvalue weighted by atomic mass is 16.3. The van der Waals surface area contributed by atoms with Crippen LogP contribution in [0.25, 0.3) is 0 Å². The number of aliphatic hydroxyl groups excluding tert-OH is 1. The zero-order chi connectivity index (χ0) is 13.0. The second kappa shape index (κ2) is 6.31. The van der Waals surface area contributed by atoms with Crippen molar-refractivity contribution < 1.29 is 5.11 Å². The van der Waals surface area contributed by atoms with E-state index < -0.39 is 0 Å². The number of nitrogens with zero attached hydrogens (tertiary/aromatic N) is 3. The Morgan fingerprint density at radius 2 is 2.11 bits per heavy atom. The second-order valence-electron chi connectivity index (χ2n) is 5.21. The third kappa shape index (κ3) is 3.10. The molecule has 1 fully saturated rings. The standard InChI is InChI=1S/C13H24N4O/c1-11(16-5-3-2-4-6-16)8-17-10-15-7-13(17)12(14)9-18/h7,10-12,18H,2-6,8-9,14H2,1H3. The molecule has 1 aliphatic rings. The minimum absolute atomic E-state index is 0.0379. The molecular weight excluding hydrogens is 228 g/mol. The van der Waals surface area contributed by atoms with Gasteiger partial charge < -0.3 is 15.4 Å². The minimum atomic E-state index is -0.332. The van der Waals surface area contributed by atoms with Crippen molar-refractivity contribution in [3.63, 3.8) is 0 Å². The summed E-state index contributed by atoms with van der Waals surface area (Å²) in [5.74, 6) is 0. The molecule has 1 saturated heterocycles. The second-order valence-corrected chi connectivity index (χ2v) is 5.21. The van der Waals surface area contributed by atoms with Gasteiger partial charge in [-0.05, 0) is 32.9 Å². The first-order valence-corrected chi connectivity index (χ1v) is 6.83. The highest BCUT2D eigenvalue weighted by Gasteiger charge is 2.19. The summed E-state index contributed by atoms with van der Waals surface area (Å²) in [6.07, 6.45) is 7.53. The molecule has 2 atom stereocenters. The van der Waals surface area contributed by atoms with Gasteiger partial charge in [0.15, 0.2) is 0 Å². The molecule has 0 amide bonds. The van der Waals surface area contributed by atoms with E-state index in [-0.39, 0.29) is 12.6 Å². The quantitative estimate of drug-likeness (QED) is 0.811. The van der Waals surface area contributed by atoms with Gasteiger partial charge in [0.05, 0.1) is 24.7 Å². The number of imidazole rings is 1. The van der Waals surface area contributed by atoms with Crippen LogP contribution >= 0.6 is 0 Å². The predicted molar refractivity (Wildman–Crippen MR) is 71.1 cm³/mol. The van der Waals surface area contributed by atoms with Crippen LogP contribution in [0.15, 0.2) is 12.5 Å². The van der Waals surface area contributed by atoms with E-state index in [2.05, 4.69) is 21.4 Å². The lowest BCUT2D eigenvalue weighted by molar-refractivity contribution is 0.158. The molecule has 0 radical (unpaired) electrons. The largest absolute Gasteiger partial charge is 0.394 e. The molecule has 1 aliphatic heterocycles. The molecule has 0 aliphatic carbocycles. The Morgan fingerprint density at radius 3 is 2.78 bits per heavy atom. The number of aliphatic hydroxyl groups is 1. The summed E-state index contributed by atoms with van der Waals surface area (Å²) < 4.78 is 2.07. The average Bonchev–Trinajstić information content (AvgIpc) is 2.87. The molecule has 2 unspecified atom stereocenters. The zero-order valence-corrected chi connectivity index (χ0v) is 11.1. The molecule has 5 heteroatoms. The molecule has 102 valence electrons. The third-order valence-corrected chi connectivity index (χ3v) is 3.80. The van der Waals surface area contributed by atoms with Crippen LogP contribution in [0.4, 0.5) is 0 Å². The van der Waals surface area contributed by atoms with Crippen molar-refractivity contribution in [1.29, 1.82) is 0 Å². The van der Waals surface area contributed by atoms with Crippen molar-refractivity contribution in [2.24, 2.45) is 5.73 Å². The molecule has 0 spiro atoms. The lowest BCUT2D eigenvalue weighted by atomic mass is 10.1. The fraction of sp³-hybridized carbons (Fsp3) is 0.769. The van der Waals surface area contributed by atoms with Crippen molar-refractivity contribution in [3.05, 3.63) is 18.2 Å². The van der Waals surface area contributed by atoms with Gasteiger partial charge in [0.25, 0.3) is 0 Å². The number of hydrogen-bond acceptors (Lipinski definition) is 4. The van der Waals surface area contributed by atoms with Crippen LogP contribution in [0.2, 0.25) is 0 Å². The SMILES string of the molecule is CC(Cn1cncc1C(N)CO)N1CCCCC1. The van der Waals surface area contributed by atoms with Crippen LogP contribution in [-0.2, 0) is 6.54 Å². The van der Waals surface area contributed by atoms with Crippen LogP contribution in [0, 0.1) is 0 Å². The highest BCUT2D eigenvalue weighted by molar-refractivity contribution is 5.04. The summed E-state index contributed by atoms with van der Waals surface area (Å²) in [6, 6.07) is 0.158. The number of piperidine rings is 1. The van der Waals surface area contributed by atoms with Crippen molar-refractivity contribution in [2.75, 3.05) is 19.7 Å². The fourth-order valence-electron chi connectivity index (χ4n) is 2.65. The molecule has 0 bridgehead atoms. The maximum absolute atomic E-state index is 9.14. The first-order chi connectivity index (χ1) is 8.72. The Kier molecular flexibility index (Phi) is 4.74. The Hall–Kier alpha value is -0.910. The Balaban J connectivity index is 1.97. The Bertz CT molecular complexity index is 360. The minimum Gasteiger partial charge on any atom is -0.394 e. The molecule has 1 aromatic rings. The van der Waals surface area contributed by atoms with E-state index in [4.69, 9.17) is 10.8 Å². The van der Waals surface area contributed by atoms with Gasteiger partial charge in [-0.25, -0.2) is 4.98 Å². The van der Waals surface area contributed by atoms with Gasteiger partial charge in [0.1, 0.15) is 0 Å². The van der Waals surface area contributed by atoms with Crippen molar-refractivity contribution in [2.45, 2.75) is 44.8 Å². The van der Waals surface area contributed by atoms with Crippen LogP contribution < -0.4 is 5.73 Å². The molecule has 18 heavy (non-hydrogen) atoms. The first kappa shape index (κ1) is 13.5. The van der Waals surface area contributed by atoms with Gasteiger partial charge in [-0.3, -0.25) is 4.90 Å². The maximum atomic E-state index is 9.14. The van der Waals surface area contributed by atoms with Gasteiger partial charge in [-0.2, -0.15) is 0 Å². The van der Waals surface area contributed by atoms with Crippen LogP contribution in [0.5, 0.6) is 0 Å². The summed E-state index contributed by atoms with van der Waals surface area (Å²) in [7, 11) is 0. The molecule has 0 aromatic carbocycles. The number of aromatic nitrogens is 2. The zero-order valence-electron chi connectivity index (χ0n) is 11.1. The lowest BCUT2D eigenvalue weighted by Crippen LogP contribution is -2.40. The van der Waals surface area contributed by atoms with Crippen molar-refractivity contribution in [1.82, 2.24) is 14.5 Å². The van der Waals surface area contributed by atoms with E-state index >= 15 is 0 Å². The first-order valence-electron chi connectivity index (χ1n) is 6.83. The van der Waals surface area contributed by atoms with Gasteiger partial charge in [0.2, 0.25) is 0 Å². The van der Waals surface area contributed by atoms with Crippen LogP contribution in [0.3, 0.4) is 0 Å². The summed E-state index contributed by atoms with van der Waals surface area (Å²) in [5.41, 5.74) is 6.79. The maximum Gasteiger partial charge on any atom is 0.0949 e. The monoisotopic (exact) mass is 252 g/mol. The smallest absolute Gasteiger partial charge is 0.0949 e. The van der Waals surface area contributed by atoms with Gasteiger partial charge in [0, 0.05) is 18.8 Å². The van der Waals surface area contributed by atoms with Gasteiger partial charge in [-0.15, -0.1) is 0 Å². The number of likely N-dealkylation sites (tertiary alicyclic amines) is 1. The number of rotatable bonds is 5. The Labute approximate surface area is 109 Å². The Morgan fingerprint density at radius 1 is 1.39 bits per heavy atom. The highest BCUT2D eigenvalue weighted by Crippen LogP contribution is 2.15. The van der Waals surface area contributed by atoms with E-state index in [0.717, 1.165) is 12.2 Å². The molecule has 5 nitrogen and oxygen atoms in total. The number of nitrogens with two attached hydrogens (primary N) is 1. The van der Waals surface area contributed by atoms with Gasteiger partial charge >= 0.3 is 0 Å². The summed E-state index contributed by atoms with van der Waals surface area (Å²) in [5, 5.41) is 9.14. The van der Waals surface area contributed by atoms with Crippen molar-refractivity contribution >= 4 is 0 Å². The molecule has 2 heterocycles. The molecule has 1 aromatic heterocycles. The van der Waals surface area contributed by atoms with E-state index in [9.17, 15) is 0 Å². The fourth-order valence-corrected chi connectivity index (χ4v) is 2.65. The molecule has 2 rings (SSSR count). The summed E-state index contributed by atoms with van der Waals surface area (Å²) in [6.45, 7) is 5.49. The van der Waals surface area contributed by atoms with E-state index in [1.54, 1.807) is 6.20 Å². The summed E-state index contributed by atoms with van der Waals surface area (Å²) >= 11 is 0. The number of hydrogen-bond donors (Lipinski definition) is 2. The van der Waals surface area contributed by atoms with Gasteiger partial charge in [-0.1, -0.05) is 6.42 Å². The molecule has 0 saturated carbocycles. The summed E-state index contributed by atoms with van der Waals surface area (Å²) in [4.78, 5) is 6.67. The van der Waals surface area contributed by atoms with E-state index in [1.807, 2.05) is 6.33 Å². The topological polar surface area (TPSA) is 67.3 Å².